The molecule has 0 fully saturated rings. The van der Waals surface area contributed by atoms with Crippen LogP contribution in [0.15, 0.2) is 19.8 Å². The Balaban J connectivity index is 2.16. The molecule has 0 saturated heterocycles. The fourth-order valence-electron chi connectivity index (χ4n) is 1.72. The standard InChI is InChI=1S/C12H16N2O5S/c1-7-8(2)19-12(14-7)5-13-20(16,17)11-4-10(6-15)18-9(11)3/h4,13,15H,5-6H2,1-3H3. The molecule has 0 bridgehead atoms. The first-order valence-electron chi connectivity index (χ1n) is 5.96. The lowest BCUT2D eigenvalue weighted by atomic mass is 10.4. The van der Waals surface area contributed by atoms with Crippen LogP contribution in [0.3, 0.4) is 0 Å². The molecule has 0 amide bonds. The Bertz CT molecular complexity index is 695. The molecule has 2 N–H and O–H groups in total. The Morgan fingerprint density at radius 1 is 1.25 bits per heavy atom. The molecule has 7 nitrogen and oxygen atoms in total. The van der Waals surface area contributed by atoms with E-state index in [0.29, 0.717) is 11.7 Å². The Hall–Kier alpha value is -1.64. The number of nitrogens with one attached hydrogen (secondary N) is 1. The van der Waals surface area contributed by atoms with Crippen LogP contribution in [0.1, 0.15) is 28.9 Å². The number of hydrogen-bond donors (Lipinski definition) is 2. The van der Waals surface area contributed by atoms with Gasteiger partial charge in [0.2, 0.25) is 15.9 Å². The first-order valence-corrected chi connectivity index (χ1v) is 7.44. The van der Waals surface area contributed by atoms with Gasteiger partial charge in [0.1, 0.15) is 28.8 Å². The third kappa shape index (κ3) is 2.92. The molecule has 2 aromatic heterocycles. The molecule has 0 unspecified atom stereocenters. The van der Waals surface area contributed by atoms with E-state index < -0.39 is 10.0 Å². The summed E-state index contributed by atoms with van der Waals surface area (Å²) in [6.07, 6.45) is 0. The largest absolute Gasteiger partial charge is 0.462 e. The molecule has 0 aliphatic rings. The van der Waals surface area contributed by atoms with E-state index in [0.717, 1.165) is 5.69 Å². The van der Waals surface area contributed by atoms with Crippen molar-refractivity contribution >= 4 is 10.0 Å². The van der Waals surface area contributed by atoms with Crippen LogP contribution >= 0.6 is 0 Å². The molecule has 0 atom stereocenters. The molecular weight excluding hydrogens is 284 g/mol. The minimum atomic E-state index is -3.74. The molecule has 0 spiro atoms. The highest BCUT2D eigenvalue weighted by Gasteiger charge is 2.22. The molecule has 0 radical (unpaired) electrons. The van der Waals surface area contributed by atoms with Gasteiger partial charge in [-0.3, -0.25) is 0 Å². The number of hydrogen-bond acceptors (Lipinski definition) is 6. The second-order valence-electron chi connectivity index (χ2n) is 4.37. The predicted molar refractivity (Wildman–Crippen MR) is 69.4 cm³/mol. The van der Waals surface area contributed by atoms with Gasteiger partial charge in [-0.05, 0) is 20.8 Å². The van der Waals surface area contributed by atoms with Crippen LogP contribution in [-0.4, -0.2) is 18.5 Å². The Morgan fingerprint density at radius 2 is 1.95 bits per heavy atom. The second-order valence-corrected chi connectivity index (χ2v) is 6.10. The molecule has 0 saturated carbocycles. The first kappa shape index (κ1) is 14.8. The molecule has 110 valence electrons. The number of sulfonamides is 1. The summed E-state index contributed by atoms with van der Waals surface area (Å²) in [4.78, 5) is 4.10. The number of aromatic nitrogens is 1. The van der Waals surface area contributed by atoms with Crippen molar-refractivity contribution in [2.45, 2.75) is 38.8 Å². The van der Waals surface area contributed by atoms with Gasteiger partial charge in [-0.1, -0.05) is 0 Å². The van der Waals surface area contributed by atoms with Crippen LogP contribution in [0.2, 0.25) is 0 Å². The highest BCUT2D eigenvalue weighted by molar-refractivity contribution is 7.89. The van der Waals surface area contributed by atoms with E-state index in [4.69, 9.17) is 13.9 Å². The number of oxazole rings is 1. The second kappa shape index (κ2) is 5.39. The summed E-state index contributed by atoms with van der Waals surface area (Å²) in [6, 6.07) is 1.30. The zero-order valence-electron chi connectivity index (χ0n) is 11.4. The summed E-state index contributed by atoms with van der Waals surface area (Å²) < 4.78 is 37.1. The van der Waals surface area contributed by atoms with E-state index in [-0.39, 0.29) is 29.6 Å². The van der Waals surface area contributed by atoms with Crippen LogP contribution in [0.5, 0.6) is 0 Å². The van der Waals surface area contributed by atoms with Gasteiger partial charge in [-0.15, -0.1) is 0 Å². The van der Waals surface area contributed by atoms with Gasteiger partial charge < -0.3 is 13.9 Å². The number of aryl methyl sites for hydroxylation is 3. The number of nitrogens with zero attached hydrogens (tertiary/aromatic N) is 1. The van der Waals surface area contributed by atoms with Crippen molar-refractivity contribution in [3.63, 3.8) is 0 Å². The fourth-order valence-corrected chi connectivity index (χ4v) is 2.89. The summed E-state index contributed by atoms with van der Waals surface area (Å²) in [6.45, 7) is 4.66. The monoisotopic (exact) mass is 300 g/mol. The van der Waals surface area contributed by atoms with Crippen molar-refractivity contribution in [1.29, 1.82) is 0 Å². The zero-order valence-corrected chi connectivity index (χ0v) is 12.2. The molecule has 20 heavy (non-hydrogen) atoms. The smallest absolute Gasteiger partial charge is 0.244 e. The van der Waals surface area contributed by atoms with Crippen LogP contribution in [0.4, 0.5) is 0 Å². The zero-order chi connectivity index (χ0) is 14.9. The number of aliphatic hydroxyl groups is 1. The van der Waals surface area contributed by atoms with Gasteiger partial charge in [0, 0.05) is 6.07 Å². The molecule has 2 rings (SSSR count). The molecule has 0 aliphatic heterocycles. The third-order valence-electron chi connectivity index (χ3n) is 2.85. The topological polar surface area (TPSA) is 106 Å². The van der Waals surface area contributed by atoms with E-state index >= 15 is 0 Å². The van der Waals surface area contributed by atoms with Crippen molar-refractivity contribution in [2.75, 3.05) is 0 Å². The lowest BCUT2D eigenvalue weighted by molar-refractivity contribution is 0.244. The highest BCUT2D eigenvalue weighted by Crippen LogP contribution is 2.20. The number of aliphatic hydroxyl groups excluding tert-OH is 1. The molecule has 0 aromatic carbocycles. The van der Waals surface area contributed by atoms with E-state index in [1.807, 2.05) is 0 Å². The molecule has 2 aromatic rings. The van der Waals surface area contributed by atoms with Crippen LogP contribution in [0.25, 0.3) is 0 Å². The fraction of sp³-hybridized carbons (Fsp3) is 0.417. The summed E-state index contributed by atoms with van der Waals surface area (Å²) >= 11 is 0. The van der Waals surface area contributed by atoms with Crippen molar-refractivity contribution in [3.05, 3.63) is 34.9 Å². The average Bonchev–Trinajstić information content (AvgIpc) is 2.91. The van der Waals surface area contributed by atoms with Crippen LogP contribution < -0.4 is 4.72 Å². The van der Waals surface area contributed by atoms with E-state index in [2.05, 4.69) is 9.71 Å². The third-order valence-corrected chi connectivity index (χ3v) is 4.36. The van der Waals surface area contributed by atoms with Gasteiger partial charge in [0.15, 0.2) is 0 Å². The lowest BCUT2D eigenvalue weighted by Gasteiger charge is -2.02. The van der Waals surface area contributed by atoms with Crippen molar-refractivity contribution in [1.82, 2.24) is 9.71 Å². The molecule has 0 aliphatic carbocycles. The van der Waals surface area contributed by atoms with E-state index in [1.165, 1.54) is 13.0 Å². The number of rotatable bonds is 5. The Morgan fingerprint density at radius 3 is 2.45 bits per heavy atom. The van der Waals surface area contributed by atoms with Gasteiger partial charge >= 0.3 is 0 Å². The minimum absolute atomic E-state index is 0.00144. The van der Waals surface area contributed by atoms with Crippen molar-refractivity contribution < 1.29 is 22.4 Å². The summed E-state index contributed by atoms with van der Waals surface area (Å²) in [5.74, 6) is 1.38. The Kier molecular flexibility index (Phi) is 3.98. The van der Waals surface area contributed by atoms with E-state index in [9.17, 15) is 8.42 Å². The van der Waals surface area contributed by atoms with Gasteiger partial charge in [0.05, 0.1) is 12.2 Å². The highest BCUT2D eigenvalue weighted by atomic mass is 32.2. The first-order chi connectivity index (χ1) is 9.33. The maximum atomic E-state index is 12.1. The molecule has 8 heteroatoms. The van der Waals surface area contributed by atoms with Crippen LogP contribution in [-0.2, 0) is 23.2 Å². The van der Waals surface area contributed by atoms with Crippen molar-refractivity contribution in [3.8, 4) is 0 Å². The summed E-state index contributed by atoms with van der Waals surface area (Å²) in [7, 11) is -3.74. The normalized spacial score (nSPS) is 12.0. The molecular formula is C12H16N2O5S. The summed E-state index contributed by atoms with van der Waals surface area (Å²) in [5.41, 5.74) is 0.723. The van der Waals surface area contributed by atoms with Crippen molar-refractivity contribution in [2.24, 2.45) is 0 Å². The molecule has 2 heterocycles. The Labute approximate surface area is 116 Å². The lowest BCUT2D eigenvalue weighted by Crippen LogP contribution is -2.23. The predicted octanol–water partition coefficient (Wildman–Crippen LogP) is 1.16. The average molecular weight is 300 g/mol. The van der Waals surface area contributed by atoms with E-state index in [1.54, 1.807) is 13.8 Å². The van der Waals surface area contributed by atoms with Gasteiger partial charge in [-0.25, -0.2) is 18.1 Å². The summed E-state index contributed by atoms with van der Waals surface area (Å²) in [5, 5.41) is 8.95. The van der Waals surface area contributed by atoms with Gasteiger partial charge in [0.25, 0.3) is 0 Å². The maximum absolute atomic E-state index is 12.1. The van der Waals surface area contributed by atoms with Gasteiger partial charge in [-0.2, -0.15) is 0 Å². The quantitative estimate of drug-likeness (QED) is 0.858. The number of furan rings is 1. The van der Waals surface area contributed by atoms with Crippen LogP contribution in [0, 0.1) is 20.8 Å². The maximum Gasteiger partial charge on any atom is 0.244 e. The minimum Gasteiger partial charge on any atom is -0.462 e. The SMILES string of the molecule is Cc1nc(CNS(=O)(=O)c2cc(CO)oc2C)oc1C.